The quantitative estimate of drug-likeness (QED) is 0.735. The second kappa shape index (κ2) is 5.04. The van der Waals surface area contributed by atoms with Crippen molar-refractivity contribution in [3.63, 3.8) is 0 Å². The van der Waals surface area contributed by atoms with Gasteiger partial charge in [-0.15, -0.1) is 0 Å². The van der Waals surface area contributed by atoms with E-state index in [1.165, 1.54) is 12.1 Å². The maximum atomic E-state index is 13.2. The van der Waals surface area contributed by atoms with E-state index in [0.29, 0.717) is 16.7 Å². The second-order valence-electron chi connectivity index (χ2n) is 4.76. The van der Waals surface area contributed by atoms with E-state index in [1.807, 2.05) is 25.1 Å². The van der Waals surface area contributed by atoms with E-state index in [0.717, 1.165) is 15.6 Å². The van der Waals surface area contributed by atoms with Crippen LogP contribution in [-0.2, 0) is 0 Å². The largest absolute Gasteiger partial charge is 0.458 e. The number of furan rings is 1. The number of aliphatic hydroxyl groups excluding tert-OH is 1. The predicted molar refractivity (Wildman–Crippen MR) is 79.1 cm³/mol. The van der Waals surface area contributed by atoms with Gasteiger partial charge in [0, 0.05) is 15.4 Å². The molecule has 0 saturated heterocycles. The first kappa shape index (κ1) is 13.3. The van der Waals surface area contributed by atoms with Gasteiger partial charge in [-0.05, 0) is 37.3 Å². The van der Waals surface area contributed by atoms with Gasteiger partial charge in [-0.2, -0.15) is 0 Å². The zero-order valence-corrected chi connectivity index (χ0v) is 12.3. The Balaban J connectivity index is 2.07. The Morgan fingerprint density at radius 1 is 1.15 bits per heavy atom. The topological polar surface area (TPSA) is 33.4 Å². The molecular weight excluding hydrogens is 323 g/mol. The molecule has 1 unspecified atom stereocenters. The molecule has 0 fully saturated rings. The molecule has 3 rings (SSSR count). The van der Waals surface area contributed by atoms with Crippen molar-refractivity contribution in [1.82, 2.24) is 0 Å². The summed E-state index contributed by atoms with van der Waals surface area (Å²) in [6.45, 7) is 1.96. The van der Waals surface area contributed by atoms with Crippen molar-refractivity contribution in [2.75, 3.05) is 0 Å². The maximum Gasteiger partial charge on any atom is 0.138 e. The standard InChI is InChI=1S/C16H12BrFO2/c1-9-2-4-13(17)12(6-9)16(19)15-8-10-7-11(18)3-5-14(10)20-15/h2-8,16,19H,1H3. The smallest absolute Gasteiger partial charge is 0.138 e. The van der Waals surface area contributed by atoms with Crippen LogP contribution in [0.4, 0.5) is 4.39 Å². The Hall–Kier alpha value is -1.65. The highest BCUT2D eigenvalue weighted by Crippen LogP contribution is 2.32. The van der Waals surface area contributed by atoms with Crippen LogP contribution in [0.1, 0.15) is 23.0 Å². The van der Waals surface area contributed by atoms with Crippen LogP contribution in [0, 0.1) is 12.7 Å². The van der Waals surface area contributed by atoms with E-state index in [2.05, 4.69) is 15.9 Å². The minimum atomic E-state index is -0.889. The average molecular weight is 335 g/mol. The van der Waals surface area contributed by atoms with Crippen molar-refractivity contribution in [1.29, 1.82) is 0 Å². The normalized spacial score (nSPS) is 12.8. The van der Waals surface area contributed by atoms with E-state index >= 15 is 0 Å². The lowest BCUT2D eigenvalue weighted by Gasteiger charge is -2.11. The summed E-state index contributed by atoms with van der Waals surface area (Å²) < 4.78 is 19.6. The van der Waals surface area contributed by atoms with E-state index < -0.39 is 6.10 Å². The lowest BCUT2D eigenvalue weighted by Crippen LogP contribution is -1.99. The Bertz CT molecular complexity index is 779. The fraction of sp³-hybridized carbons (Fsp3) is 0.125. The number of aliphatic hydroxyl groups is 1. The fourth-order valence-electron chi connectivity index (χ4n) is 2.20. The zero-order valence-electron chi connectivity index (χ0n) is 10.7. The molecule has 0 saturated carbocycles. The summed E-state index contributed by atoms with van der Waals surface area (Å²) in [6.07, 6.45) is -0.889. The van der Waals surface area contributed by atoms with Crippen LogP contribution in [0.2, 0.25) is 0 Å². The number of benzene rings is 2. The Morgan fingerprint density at radius 3 is 2.75 bits per heavy atom. The first-order valence-corrected chi connectivity index (χ1v) is 6.97. The summed E-state index contributed by atoms with van der Waals surface area (Å²) in [4.78, 5) is 0. The minimum Gasteiger partial charge on any atom is -0.458 e. The molecule has 2 nitrogen and oxygen atoms in total. The molecule has 0 bridgehead atoms. The summed E-state index contributed by atoms with van der Waals surface area (Å²) in [7, 11) is 0. The van der Waals surface area contributed by atoms with Gasteiger partial charge in [0.2, 0.25) is 0 Å². The molecular formula is C16H12BrFO2. The molecule has 20 heavy (non-hydrogen) atoms. The van der Waals surface area contributed by atoms with Gasteiger partial charge in [0.05, 0.1) is 0 Å². The summed E-state index contributed by atoms with van der Waals surface area (Å²) in [5, 5.41) is 11.1. The Kier molecular flexibility index (Phi) is 3.36. The van der Waals surface area contributed by atoms with Crippen molar-refractivity contribution >= 4 is 26.9 Å². The van der Waals surface area contributed by atoms with Crippen molar-refractivity contribution in [2.45, 2.75) is 13.0 Å². The van der Waals surface area contributed by atoms with E-state index in [1.54, 1.807) is 12.1 Å². The number of hydrogen-bond acceptors (Lipinski definition) is 2. The van der Waals surface area contributed by atoms with Gasteiger partial charge < -0.3 is 9.52 Å². The van der Waals surface area contributed by atoms with Gasteiger partial charge in [0.1, 0.15) is 23.3 Å². The number of hydrogen-bond donors (Lipinski definition) is 1. The zero-order chi connectivity index (χ0) is 14.3. The fourth-order valence-corrected chi connectivity index (χ4v) is 2.66. The van der Waals surface area contributed by atoms with E-state index in [9.17, 15) is 9.50 Å². The molecule has 1 N–H and O–H groups in total. The highest BCUT2D eigenvalue weighted by atomic mass is 79.9. The van der Waals surface area contributed by atoms with Gasteiger partial charge in [-0.1, -0.05) is 33.6 Å². The molecule has 4 heteroatoms. The third-order valence-electron chi connectivity index (χ3n) is 3.21. The monoisotopic (exact) mass is 334 g/mol. The van der Waals surface area contributed by atoms with Crippen molar-refractivity contribution < 1.29 is 13.9 Å². The molecule has 0 aliphatic carbocycles. The predicted octanol–water partition coefficient (Wildman–Crippen LogP) is 4.72. The molecule has 0 aliphatic rings. The van der Waals surface area contributed by atoms with Crippen LogP contribution in [0.15, 0.2) is 51.4 Å². The lowest BCUT2D eigenvalue weighted by atomic mass is 10.0. The first-order valence-electron chi connectivity index (χ1n) is 6.18. The van der Waals surface area contributed by atoms with E-state index in [4.69, 9.17) is 4.42 Å². The van der Waals surface area contributed by atoms with Gasteiger partial charge in [0.15, 0.2) is 0 Å². The van der Waals surface area contributed by atoms with Gasteiger partial charge in [-0.25, -0.2) is 4.39 Å². The van der Waals surface area contributed by atoms with Gasteiger partial charge in [-0.3, -0.25) is 0 Å². The Morgan fingerprint density at radius 2 is 1.95 bits per heavy atom. The van der Waals surface area contributed by atoms with Crippen LogP contribution in [0.5, 0.6) is 0 Å². The van der Waals surface area contributed by atoms with Crippen LogP contribution in [-0.4, -0.2) is 5.11 Å². The molecule has 0 radical (unpaired) electrons. The third kappa shape index (κ3) is 2.37. The number of aryl methyl sites for hydroxylation is 1. The molecule has 1 aromatic heterocycles. The number of fused-ring (bicyclic) bond motifs is 1. The molecule has 0 amide bonds. The second-order valence-corrected chi connectivity index (χ2v) is 5.61. The molecule has 102 valence electrons. The summed E-state index contributed by atoms with van der Waals surface area (Å²) in [6, 6.07) is 11.7. The lowest BCUT2D eigenvalue weighted by molar-refractivity contribution is 0.191. The molecule has 1 atom stereocenters. The SMILES string of the molecule is Cc1ccc(Br)c(C(O)c2cc3cc(F)ccc3o2)c1. The van der Waals surface area contributed by atoms with Gasteiger partial charge >= 0.3 is 0 Å². The molecule has 0 aliphatic heterocycles. The van der Waals surface area contributed by atoms with Crippen molar-refractivity contribution in [2.24, 2.45) is 0 Å². The molecule has 3 aromatic rings. The third-order valence-corrected chi connectivity index (χ3v) is 3.94. The molecule has 0 spiro atoms. The van der Waals surface area contributed by atoms with Crippen LogP contribution in [0.3, 0.4) is 0 Å². The first-order chi connectivity index (χ1) is 9.54. The number of rotatable bonds is 2. The van der Waals surface area contributed by atoms with E-state index in [-0.39, 0.29) is 5.82 Å². The van der Waals surface area contributed by atoms with Crippen LogP contribution >= 0.6 is 15.9 Å². The highest BCUT2D eigenvalue weighted by molar-refractivity contribution is 9.10. The summed E-state index contributed by atoms with van der Waals surface area (Å²) in [5.74, 6) is 0.0768. The average Bonchev–Trinajstić information content (AvgIpc) is 2.83. The van der Waals surface area contributed by atoms with Gasteiger partial charge in [0.25, 0.3) is 0 Å². The summed E-state index contributed by atoms with van der Waals surface area (Å²) >= 11 is 3.42. The maximum absolute atomic E-state index is 13.2. The van der Waals surface area contributed by atoms with Crippen LogP contribution < -0.4 is 0 Å². The molecule has 1 heterocycles. The van der Waals surface area contributed by atoms with Crippen LogP contribution in [0.25, 0.3) is 11.0 Å². The number of halogens is 2. The summed E-state index contributed by atoms with van der Waals surface area (Å²) in [5.41, 5.74) is 2.33. The highest BCUT2D eigenvalue weighted by Gasteiger charge is 2.18. The van der Waals surface area contributed by atoms with Crippen molar-refractivity contribution in [3.05, 3.63) is 69.6 Å². The Labute approximate surface area is 124 Å². The minimum absolute atomic E-state index is 0.323. The van der Waals surface area contributed by atoms with Crippen molar-refractivity contribution in [3.8, 4) is 0 Å². The molecule has 2 aromatic carbocycles.